The number of aliphatic hydroxyl groups is 4. The summed E-state index contributed by atoms with van der Waals surface area (Å²) in [5.74, 6) is -1.59. The molecule has 5 N–H and O–H groups in total. The van der Waals surface area contributed by atoms with E-state index < -0.39 is 36.5 Å². The third-order valence-corrected chi connectivity index (χ3v) is 15.2. The standard InChI is InChI=1S/C58H112O9/c1-3-5-7-9-11-12-13-14-15-19-22-25-29-33-41-47-54(62)67-58(50-60,56-55(63)53(61)49-66-56)52(45-39-32-27-10-8-6-4-2)46-40-35-34-38-44-51(57(64)65)43-37-31-28-24-21-18-16-17-20-23-26-30-36-42-48-59/h51-53,55-56,59-61,63H,3-50H2,1-2H3,(H,64,65)/t51?,52?,53-,55+,56-,58+/m0/s1. The van der Waals surface area contributed by atoms with Gasteiger partial charge in [-0.3, -0.25) is 9.59 Å². The third-order valence-electron chi connectivity index (χ3n) is 15.2. The van der Waals surface area contributed by atoms with E-state index in [0.717, 1.165) is 103 Å². The second-order valence-electron chi connectivity index (χ2n) is 21.2. The lowest BCUT2D eigenvalue weighted by Gasteiger charge is -2.44. The average molecular weight is 954 g/mol. The molecule has 0 aromatic carbocycles. The first-order valence-electron chi connectivity index (χ1n) is 29.4. The average Bonchev–Trinajstić information content (AvgIpc) is 3.66. The number of aliphatic hydroxyl groups excluding tert-OH is 4. The second-order valence-corrected chi connectivity index (χ2v) is 21.2. The van der Waals surface area contributed by atoms with E-state index in [1.54, 1.807) is 0 Å². The number of carboxylic acids is 1. The van der Waals surface area contributed by atoms with Crippen molar-refractivity contribution < 1.29 is 44.6 Å². The first-order chi connectivity index (χ1) is 32.8. The van der Waals surface area contributed by atoms with E-state index in [2.05, 4.69) is 13.8 Å². The number of ether oxygens (including phenoxy) is 2. The first kappa shape index (κ1) is 63.8. The molecule has 1 saturated heterocycles. The summed E-state index contributed by atoms with van der Waals surface area (Å²) in [7, 11) is 0. The number of unbranched alkanes of at least 4 members (excludes halogenated alkanes) is 36. The molecule has 0 amide bonds. The van der Waals surface area contributed by atoms with E-state index in [4.69, 9.17) is 14.6 Å². The van der Waals surface area contributed by atoms with Gasteiger partial charge >= 0.3 is 11.9 Å². The van der Waals surface area contributed by atoms with Crippen LogP contribution in [0.4, 0.5) is 0 Å². The molecule has 67 heavy (non-hydrogen) atoms. The smallest absolute Gasteiger partial charge is 0.306 e. The highest BCUT2D eigenvalue weighted by atomic mass is 16.6. The van der Waals surface area contributed by atoms with Gasteiger partial charge in [0.05, 0.1) is 19.1 Å². The van der Waals surface area contributed by atoms with Crippen LogP contribution in [0.3, 0.4) is 0 Å². The zero-order valence-corrected chi connectivity index (χ0v) is 44.2. The molecule has 9 nitrogen and oxygen atoms in total. The fraction of sp³-hybridized carbons (Fsp3) is 0.966. The van der Waals surface area contributed by atoms with Crippen molar-refractivity contribution in [1.82, 2.24) is 0 Å². The van der Waals surface area contributed by atoms with Gasteiger partial charge in [0.2, 0.25) is 0 Å². The molecule has 0 bridgehead atoms. The normalized spacial score (nSPS) is 18.0. The maximum atomic E-state index is 13.6. The molecule has 9 heteroatoms. The summed E-state index contributed by atoms with van der Waals surface area (Å²) in [6.45, 7) is 4.27. The minimum Gasteiger partial charge on any atom is -0.481 e. The molecule has 0 saturated carbocycles. The van der Waals surface area contributed by atoms with Crippen LogP contribution in [-0.2, 0) is 19.1 Å². The minimum absolute atomic E-state index is 0.0618. The summed E-state index contributed by atoms with van der Waals surface area (Å²) in [5, 5.41) is 51.9. The Morgan fingerprint density at radius 3 is 1.13 bits per heavy atom. The van der Waals surface area contributed by atoms with Crippen molar-refractivity contribution in [2.75, 3.05) is 19.8 Å². The minimum atomic E-state index is -1.44. The number of carbonyl (C=O) groups excluding carboxylic acids is 1. The van der Waals surface area contributed by atoms with E-state index >= 15 is 0 Å². The SMILES string of the molecule is CCCCCCCCCCCCCCCCCC(=O)O[C@](CO)(C(CCCCCCCCC)CCCCCCC(CCCCCCCCCCCCCCCCO)C(=O)O)[C@H]1OC[C@H](O)[C@H]1O. The van der Waals surface area contributed by atoms with E-state index in [9.17, 15) is 30.0 Å². The van der Waals surface area contributed by atoms with Crippen LogP contribution in [0.5, 0.6) is 0 Å². The van der Waals surface area contributed by atoms with Crippen LogP contribution in [0.2, 0.25) is 0 Å². The predicted molar refractivity (Wildman–Crippen MR) is 278 cm³/mol. The molecular weight excluding hydrogens is 841 g/mol. The van der Waals surface area contributed by atoms with Gasteiger partial charge in [-0.15, -0.1) is 0 Å². The Morgan fingerprint density at radius 2 is 0.821 bits per heavy atom. The Hall–Kier alpha value is -1.26. The molecule has 1 fully saturated rings. The number of hydrogen-bond donors (Lipinski definition) is 5. The van der Waals surface area contributed by atoms with E-state index in [-0.39, 0.29) is 30.8 Å². The Bertz CT molecular complexity index is 1090. The maximum Gasteiger partial charge on any atom is 0.306 e. The van der Waals surface area contributed by atoms with Crippen molar-refractivity contribution in [2.24, 2.45) is 11.8 Å². The van der Waals surface area contributed by atoms with Crippen LogP contribution in [0.25, 0.3) is 0 Å². The largest absolute Gasteiger partial charge is 0.481 e. The second kappa shape index (κ2) is 45.9. The summed E-state index contributed by atoms with van der Waals surface area (Å²) in [6.07, 6.45) is 46.9. The Labute approximate surface area is 413 Å². The Balaban J connectivity index is 2.61. The van der Waals surface area contributed by atoms with Crippen molar-refractivity contribution in [3.05, 3.63) is 0 Å². The van der Waals surface area contributed by atoms with Crippen LogP contribution in [0, 0.1) is 11.8 Å². The van der Waals surface area contributed by atoms with Crippen LogP contribution in [0.15, 0.2) is 0 Å². The number of esters is 1. The summed E-state index contributed by atoms with van der Waals surface area (Å²) in [6, 6.07) is 0. The Morgan fingerprint density at radius 1 is 0.493 bits per heavy atom. The molecule has 0 aromatic rings. The molecule has 1 rings (SSSR count). The van der Waals surface area contributed by atoms with Crippen LogP contribution in [0.1, 0.15) is 303 Å². The van der Waals surface area contributed by atoms with Crippen molar-refractivity contribution in [2.45, 2.75) is 327 Å². The van der Waals surface area contributed by atoms with Crippen molar-refractivity contribution in [1.29, 1.82) is 0 Å². The molecule has 398 valence electrons. The molecule has 0 aliphatic carbocycles. The topological polar surface area (TPSA) is 154 Å². The van der Waals surface area contributed by atoms with Crippen LogP contribution >= 0.6 is 0 Å². The molecule has 0 aromatic heterocycles. The van der Waals surface area contributed by atoms with Crippen LogP contribution < -0.4 is 0 Å². The lowest BCUT2D eigenvalue weighted by molar-refractivity contribution is -0.209. The molecule has 1 aliphatic rings. The van der Waals surface area contributed by atoms with Gasteiger partial charge in [0, 0.05) is 18.9 Å². The van der Waals surface area contributed by atoms with Gasteiger partial charge in [-0.25, -0.2) is 0 Å². The summed E-state index contributed by atoms with van der Waals surface area (Å²) in [5.41, 5.74) is -1.44. The molecule has 1 heterocycles. The molecule has 2 unspecified atom stereocenters. The molecule has 1 aliphatic heterocycles. The molecule has 0 radical (unpaired) electrons. The lowest BCUT2D eigenvalue weighted by Crippen LogP contribution is -2.59. The highest BCUT2D eigenvalue weighted by molar-refractivity contribution is 5.70. The monoisotopic (exact) mass is 953 g/mol. The van der Waals surface area contributed by atoms with Crippen molar-refractivity contribution in [3.8, 4) is 0 Å². The quantitative estimate of drug-likeness (QED) is 0.0296. The van der Waals surface area contributed by atoms with E-state index in [1.165, 1.54) is 167 Å². The van der Waals surface area contributed by atoms with Gasteiger partial charge < -0.3 is 35.0 Å². The van der Waals surface area contributed by atoms with Gasteiger partial charge in [0.1, 0.15) is 18.3 Å². The van der Waals surface area contributed by atoms with Gasteiger partial charge in [-0.2, -0.15) is 0 Å². The Kier molecular flexibility index (Phi) is 43.6. The highest BCUT2D eigenvalue weighted by Crippen LogP contribution is 2.40. The molecular formula is C58H112O9. The first-order valence-corrected chi connectivity index (χ1v) is 29.4. The predicted octanol–water partition coefficient (Wildman–Crippen LogP) is 15.3. The number of hydrogen-bond acceptors (Lipinski definition) is 8. The number of rotatable bonds is 52. The summed E-state index contributed by atoms with van der Waals surface area (Å²) < 4.78 is 12.4. The van der Waals surface area contributed by atoms with Gasteiger partial charge in [0.25, 0.3) is 0 Å². The highest BCUT2D eigenvalue weighted by Gasteiger charge is 2.55. The summed E-state index contributed by atoms with van der Waals surface area (Å²) in [4.78, 5) is 25.8. The fourth-order valence-electron chi connectivity index (χ4n) is 10.7. The van der Waals surface area contributed by atoms with Crippen LogP contribution in [-0.4, -0.2) is 81.2 Å². The number of carboxylic acid groups (broad SMARTS) is 1. The zero-order valence-electron chi connectivity index (χ0n) is 44.2. The zero-order chi connectivity index (χ0) is 48.9. The van der Waals surface area contributed by atoms with Gasteiger partial charge in [0.15, 0.2) is 5.60 Å². The lowest BCUT2D eigenvalue weighted by atomic mass is 9.75. The van der Waals surface area contributed by atoms with Crippen molar-refractivity contribution in [3.63, 3.8) is 0 Å². The summed E-state index contributed by atoms with van der Waals surface area (Å²) >= 11 is 0. The third kappa shape index (κ3) is 33.1. The number of carbonyl (C=O) groups is 2. The van der Waals surface area contributed by atoms with E-state index in [1.807, 2.05) is 0 Å². The van der Waals surface area contributed by atoms with E-state index in [0.29, 0.717) is 19.4 Å². The number of aliphatic carboxylic acids is 1. The van der Waals surface area contributed by atoms with Gasteiger partial charge in [-0.05, 0) is 38.5 Å². The van der Waals surface area contributed by atoms with Crippen molar-refractivity contribution >= 4 is 11.9 Å². The molecule has 0 spiro atoms. The molecule has 6 atom stereocenters. The fourth-order valence-corrected chi connectivity index (χ4v) is 10.7. The maximum absolute atomic E-state index is 13.6. The van der Waals surface area contributed by atoms with Gasteiger partial charge in [-0.1, -0.05) is 258 Å².